The Kier molecular flexibility index (Phi) is 4.38. The molecule has 0 rings (SSSR count). The van der Waals surface area contributed by atoms with Crippen LogP contribution < -0.4 is 0 Å². The van der Waals surface area contributed by atoms with E-state index in [4.69, 9.17) is 4.74 Å². The van der Waals surface area contributed by atoms with Crippen LogP contribution in [-0.4, -0.2) is 18.4 Å². The van der Waals surface area contributed by atoms with Gasteiger partial charge in [-0.1, -0.05) is 6.08 Å². The van der Waals surface area contributed by atoms with Gasteiger partial charge < -0.3 is 4.74 Å². The second kappa shape index (κ2) is 4.80. The van der Waals surface area contributed by atoms with Crippen molar-refractivity contribution in [3.8, 4) is 0 Å². The van der Waals surface area contributed by atoms with E-state index < -0.39 is 11.4 Å². The van der Waals surface area contributed by atoms with E-state index in [1.54, 1.807) is 19.9 Å². The molecule has 0 spiro atoms. The number of esters is 1. The van der Waals surface area contributed by atoms with Gasteiger partial charge in [-0.3, -0.25) is 9.59 Å². The molecule has 0 amide bonds. The van der Waals surface area contributed by atoms with E-state index >= 15 is 0 Å². The molecule has 0 bridgehead atoms. The first kappa shape index (κ1) is 11.9. The first-order chi connectivity index (χ1) is 5.99. The highest BCUT2D eigenvalue weighted by atomic mass is 16.5. The monoisotopic (exact) mass is 184 g/mol. The summed E-state index contributed by atoms with van der Waals surface area (Å²) in [5, 5.41) is 0. The summed E-state index contributed by atoms with van der Waals surface area (Å²) in [4.78, 5) is 22.6. The maximum Gasteiger partial charge on any atom is 0.319 e. The summed E-state index contributed by atoms with van der Waals surface area (Å²) in [5.41, 5.74) is -1.06. The normalized spacial score (nSPS) is 14.4. The van der Waals surface area contributed by atoms with Gasteiger partial charge in [0.15, 0.2) is 0 Å². The van der Waals surface area contributed by atoms with Gasteiger partial charge in [-0.05, 0) is 27.2 Å². The van der Waals surface area contributed by atoms with Crippen molar-refractivity contribution in [2.45, 2.75) is 27.2 Å². The summed E-state index contributed by atoms with van der Waals surface area (Å²) in [7, 11) is 0. The zero-order valence-corrected chi connectivity index (χ0v) is 8.42. The van der Waals surface area contributed by atoms with Gasteiger partial charge in [0.1, 0.15) is 11.2 Å². The van der Waals surface area contributed by atoms with Crippen LogP contribution in [0.25, 0.3) is 0 Å². The Bertz CT molecular complexity index is 220. The fourth-order valence-corrected chi connectivity index (χ4v) is 0.950. The predicted octanol–water partition coefficient (Wildman–Crippen LogP) is 1.72. The highest BCUT2D eigenvalue weighted by molar-refractivity contribution is 6.02. The van der Waals surface area contributed by atoms with E-state index in [-0.39, 0.29) is 5.78 Å². The standard InChI is InChI=1S/C10H16O3/c1-5-7-10(4,8(3)11)9(12)13-6-2/h5H,1,6-7H2,2-4H3/t10-/m1/s1. The lowest BCUT2D eigenvalue weighted by Gasteiger charge is -2.22. The summed E-state index contributed by atoms with van der Waals surface area (Å²) in [6.45, 7) is 8.48. The molecule has 0 radical (unpaired) electrons. The molecule has 0 aromatic carbocycles. The molecule has 0 aliphatic carbocycles. The number of ether oxygens (including phenoxy) is 1. The number of ketones is 1. The van der Waals surface area contributed by atoms with Crippen molar-refractivity contribution in [2.24, 2.45) is 5.41 Å². The van der Waals surface area contributed by atoms with Gasteiger partial charge in [0.25, 0.3) is 0 Å². The summed E-state index contributed by atoms with van der Waals surface area (Å²) >= 11 is 0. The zero-order chi connectivity index (χ0) is 10.5. The smallest absolute Gasteiger partial charge is 0.319 e. The van der Waals surface area contributed by atoms with E-state index in [9.17, 15) is 9.59 Å². The minimum atomic E-state index is -1.06. The van der Waals surface area contributed by atoms with Crippen molar-refractivity contribution < 1.29 is 14.3 Å². The van der Waals surface area contributed by atoms with Gasteiger partial charge in [-0.15, -0.1) is 6.58 Å². The number of hydrogen-bond donors (Lipinski definition) is 0. The molecule has 0 aromatic rings. The molecule has 0 aromatic heterocycles. The molecule has 74 valence electrons. The average molecular weight is 184 g/mol. The van der Waals surface area contributed by atoms with Crippen LogP contribution in [0.5, 0.6) is 0 Å². The van der Waals surface area contributed by atoms with Crippen LogP contribution in [0.2, 0.25) is 0 Å². The molecule has 3 nitrogen and oxygen atoms in total. The fourth-order valence-electron chi connectivity index (χ4n) is 0.950. The van der Waals surface area contributed by atoms with Crippen molar-refractivity contribution in [2.75, 3.05) is 6.61 Å². The highest BCUT2D eigenvalue weighted by Crippen LogP contribution is 2.24. The number of hydrogen-bond acceptors (Lipinski definition) is 3. The van der Waals surface area contributed by atoms with Crippen molar-refractivity contribution >= 4 is 11.8 Å². The van der Waals surface area contributed by atoms with Gasteiger partial charge >= 0.3 is 5.97 Å². The third-order valence-electron chi connectivity index (χ3n) is 2.06. The van der Waals surface area contributed by atoms with Gasteiger partial charge in [-0.2, -0.15) is 0 Å². The highest BCUT2D eigenvalue weighted by Gasteiger charge is 2.38. The van der Waals surface area contributed by atoms with Crippen LogP contribution in [0.15, 0.2) is 12.7 Å². The van der Waals surface area contributed by atoms with E-state index in [0.29, 0.717) is 13.0 Å². The zero-order valence-electron chi connectivity index (χ0n) is 8.42. The molecule has 3 heteroatoms. The lowest BCUT2D eigenvalue weighted by molar-refractivity contribution is -0.158. The van der Waals surface area contributed by atoms with Crippen molar-refractivity contribution in [3.05, 3.63) is 12.7 Å². The van der Waals surface area contributed by atoms with Crippen LogP contribution in [0.3, 0.4) is 0 Å². The Balaban J connectivity index is 4.67. The molecule has 0 saturated carbocycles. The van der Waals surface area contributed by atoms with Gasteiger partial charge in [0.05, 0.1) is 6.61 Å². The Morgan fingerprint density at radius 3 is 2.38 bits per heavy atom. The van der Waals surface area contributed by atoms with Crippen molar-refractivity contribution in [3.63, 3.8) is 0 Å². The summed E-state index contributed by atoms with van der Waals surface area (Å²) in [6, 6.07) is 0. The molecular formula is C10H16O3. The second-order valence-electron chi connectivity index (χ2n) is 3.10. The Morgan fingerprint density at radius 1 is 1.54 bits per heavy atom. The molecule has 0 aliphatic rings. The minimum Gasteiger partial charge on any atom is -0.465 e. The number of Topliss-reactive ketones (excluding diaryl/α,β-unsaturated/α-hetero) is 1. The Labute approximate surface area is 78.8 Å². The maximum atomic E-state index is 11.4. The lowest BCUT2D eigenvalue weighted by atomic mass is 9.83. The number of rotatable bonds is 5. The molecule has 0 heterocycles. The lowest BCUT2D eigenvalue weighted by Crippen LogP contribution is -2.36. The fraction of sp³-hybridized carbons (Fsp3) is 0.600. The largest absolute Gasteiger partial charge is 0.465 e. The van der Waals surface area contributed by atoms with Gasteiger partial charge in [0.2, 0.25) is 0 Å². The molecule has 13 heavy (non-hydrogen) atoms. The predicted molar refractivity (Wildman–Crippen MR) is 50.2 cm³/mol. The molecule has 0 fully saturated rings. The molecule has 0 aliphatic heterocycles. The molecule has 0 unspecified atom stereocenters. The van der Waals surface area contributed by atoms with Crippen LogP contribution >= 0.6 is 0 Å². The summed E-state index contributed by atoms with van der Waals surface area (Å²) < 4.78 is 4.81. The SMILES string of the molecule is C=CC[C@](C)(C(C)=O)C(=O)OCC. The quantitative estimate of drug-likeness (QED) is 0.371. The first-order valence-electron chi connectivity index (χ1n) is 4.28. The topological polar surface area (TPSA) is 43.4 Å². The third kappa shape index (κ3) is 2.68. The van der Waals surface area contributed by atoms with E-state index in [1.807, 2.05) is 0 Å². The third-order valence-corrected chi connectivity index (χ3v) is 2.06. The number of allylic oxidation sites excluding steroid dienone is 1. The molecule has 1 atom stereocenters. The van der Waals surface area contributed by atoms with Crippen LogP contribution in [0, 0.1) is 5.41 Å². The van der Waals surface area contributed by atoms with Gasteiger partial charge in [-0.25, -0.2) is 0 Å². The summed E-state index contributed by atoms with van der Waals surface area (Å²) in [5.74, 6) is -0.659. The number of carbonyl (C=O) groups is 2. The Hall–Kier alpha value is -1.12. The van der Waals surface area contributed by atoms with Crippen molar-refractivity contribution in [1.29, 1.82) is 0 Å². The Morgan fingerprint density at radius 2 is 2.08 bits per heavy atom. The first-order valence-corrected chi connectivity index (χ1v) is 4.28. The van der Waals surface area contributed by atoms with Crippen LogP contribution in [0.4, 0.5) is 0 Å². The second-order valence-corrected chi connectivity index (χ2v) is 3.10. The molecular weight excluding hydrogens is 168 g/mol. The molecule has 0 N–H and O–H groups in total. The van der Waals surface area contributed by atoms with E-state index in [1.165, 1.54) is 6.92 Å². The average Bonchev–Trinajstić information content (AvgIpc) is 2.04. The minimum absolute atomic E-state index is 0.189. The molecule has 0 saturated heterocycles. The van der Waals surface area contributed by atoms with E-state index in [2.05, 4.69) is 6.58 Å². The van der Waals surface area contributed by atoms with Crippen LogP contribution in [-0.2, 0) is 14.3 Å². The number of carbonyl (C=O) groups excluding carboxylic acids is 2. The maximum absolute atomic E-state index is 11.4. The van der Waals surface area contributed by atoms with Crippen LogP contribution in [0.1, 0.15) is 27.2 Å². The van der Waals surface area contributed by atoms with E-state index in [0.717, 1.165) is 0 Å². The summed E-state index contributed by atoms with van der Waals surface area (Å²) in [6.07, 6.45) is 1.87. The van der Waals surface area contributed by atoms with Gasteiger partial charge in [0, 0.05) is 0 Å². The van der Waals surface area contributed by atoms with Crippen molar-refractivity contribution in [1.82, 2.24) is 0 Å².